The Morgan fingerprint density at radius 3 is 2.55 bits per heavy atom. The first-order chi connectivity index (χ1) is 13.6. The molecule has 0 unspecified atom stereocenters. The van der Waals surface area contributed by atoms with E-state index in [1.54, 1.807) is 31.2 Å². The van der Waals surface area contributed by atoms with Crippen LogP contribution in [0.25, 0.3) is 0 Å². The number of anilines is 1. The van der Waals surface area contributed by atoms with Crippen molar-refractivity contribution in [1.82, 2.24) is 5.43 Å². The second-order valence-corrected chi connectivity index (χ2v) is 7.89. The van der Waals surface area contributed by atoms with E-state index in [1.165, 1.54) is 31.4 Å². The number of ether oxygens (including phenoxy) is 1. The highest BCUT2D eigenvalue weighted by atomic mass is 32.2. The van der Waals surface area contributed by atoms with Crippen LogP contribution in [0.1, 0.15) is 12.5 Å². The molecule has 0 spiro atoms. The maximum atomic E-state index is 12.3. The van der Waals surface area contributed by atoms with E-state index < -0.39 is 27.4 Å². The number of hydrazone groups is 1. The van der Waals surface area contributed by atoms with Crippen molar-refractivity contribution in [3.8, 4) is 5.75 Å². The Hall–Kier alpha value is -3.47. The van der Waals surface area contributed by atoms with Crippen LogP contribution >= 0.6 is 0 Å². The SMILES string of the molecule is COc1ccccc1N(CC(=O)NN=C(C)c1cccc([N+](=O)[O-])c1)S(C)(=O)=O. The number of carbonyl (C=O) groups is 1. The van der Waals surface area contributed by atoms with Gasteiger partial charge in [-0.2, -0.15) is 5.10 Å². The van der Waals surface area contributed by atoms with Crippen molar-refractivity contribution in [1.29, 1.82) is 0 Å². The van der Waals surface area contributed by atoms with Crippen molar-refractivity contribution in [3.05, 3.63) is 64.2 Å². The van der Waals surface area contributed by atoms with E-state index >= 15 is 0 Å². The van der Waals surface area contributed by atoms with Gasteiger partial charge < -0.3 is 4.74 Å². The molecule has 154 valence electrons. The van der Waals surface area contributed by atoms with Crippen LogP contribution in [0.3, 0.4) is 0 Å². The maximum absolute atomic E-state index is 12.3. The van der Waals surface area contributed by atoms with E-state index in [0.717, 1.165) is 10.6 Å². The molecule has 0 bridgehead atoms. The van der Waals surface area contributed by atoms with Crippen molar-refractivity contribution < 1.29 is 22.9 Å². The minimum Gasteiger partial charge on any atom is -0.495 e. The molecule has 29 heavy (non-hydrogen) atoms. The standard InChI is InChI=1S/C18H20N4O6S/c1-13(14-7-6-8-15(11-14)22(24)25)19-20-18(23)12-21(29(3,26)27)16-9-4-5-10-17(16)28-2/h4-11H,12H2,1-3H3,(H,20,23). The quantitative estimate of drug-likeness (QED) is 0.394. The fourth-order valence-corrected chi connectivity index (χ4v) is 3.30. The van der Waals surface area contributed by atoms with Crippen LogP contribution in [0.2, 0.25) is 0 Å². The summed E-state index contributed by atoms with van der Waals surface area (Å²) in [5.41, 5.74) is 3.15. The molecule has 0 heterocycles. The Morgan fingerprint density at radius 2 is 1.93 bits per heavy atom. The van der Waals surface area contributed by atoms with Gasteiger partial charge in [-0.05, 0) is 19.1 Å². The molecular weight excluding hydrogens is 400 g/mol. The molecule has 0 saturated carbocycles. The fraction of sp³-hybridized carbons (Fsp3) is 0.222. The normalized spacial score (nSPS) is 11.6. The zero-order valence-electron chi connectivity index (χ0n) is 16.0. The number of sulfonamides is 1. The number of methoxy groups -OCH3 is 1. The number of non-ortho nitro benzene ring substituents is 1. The molecule has 1 amide bonds. The summed E-state index contributed by atoms with van der Waals surface area (Å²) in [5.74, 6) is -0.395. The Balaban J connectivity index is 2.20. The third-order valence-electron chi connectivity index (χ3n) is 3.86. The van der Waals surface area contributed by atoms with Crippen LogP contribution in [0.5, 0.6) is 5.75 Å². The largest absolute Gasteiger partial charge is 0.495 e. The second kappa shape index (κ2) is 9.15. The van der Waals surface area contributed by atoms with Crippen LogP contribution in [-0.2, 0) is 14.8 Å². The number of amides is 1. The average molecular weight is 420 g/mol. The summed E-state index contributed by atoms with van der Waals surface area (Å²) >= 11 is 0. The molecule has 11 heteroatoms. The summed E-state index contributed by atoms with van der Waals surface area (Å²) in [6, 6.07) is 12.2. The number of nitro groups is 1. The van der Waals surface area contributed by atoms with Gasteiger partial charge in [0.15, 0.2) is 0 Å². The second-order valence-electron chi connectivity index (χ2n) is 5.98. The molecule has 2 aromatic rings. The molecule has 2 aromatic carbocycles. The lowest BCUT2D eigenvalue weighted by molar-refractivity contribution is -0.384. The molecule has 0 aliphatic heterocycles. The van der Waals surface area contributed by atoms with Gasteiger partial charge in [-0.15, -0.1) is 0 Å². The summed E-state index contributed by atoms with van der Waals surface area (Å²) in [5, 5.41) is 14.8. The van der Waals surface area contributed by atoms with E-state index in [-0.39, 0.29) is 11.4 Å². The van der Waals surface area contributed by atoms with Crippen molar-refractivity contribution in [2.45, 2.75) is 6.92 Å². The zero-order chi connectivity index (χ0) is 21.6. The fourth-order valence-electron chi connectivity index (χ4n) is 2.44. The summed E-state index contributed by atoms with van der Waals surface area (Å²) in [6.07, 6.45) is 0.977. The Labute approximate surface area is 168 Å². The Kier molecular flexibility index (Phi) is 6.89. The predicted molar refractivity (Wildman–Crippen MR) is 109 cm³/mol. The summed E-state index contributed by atoms with van der Waals surface area (Å²) < 4.78 is 30.4. The molecule has 1 N–H and O–H groups in total. The Bertz CT molecular complexity index is 1050. The molecule has 2 rings (SSSR count). The number of carbonyl (C=O) groups excluding carboxylic acids is 1. The topological polar surface area (TPSA) is 131 Å². The lowest BCUT2D eigenvalue weighted by atomic mass is 10.1. The number of hydrogen-bond acceptors (Lipinski definition) is 7. The molecule has 0 saturated heterocycles. The molecule has 0 radical (unpaired) electrons. The summed E-state index contributed by atoms with van der Waals surface area (Å²) in [7, 11) is -2.39. The van der Waals surface area contributed by atoms with Gasteiger partial charge in [-0.3, -0.25) is 19.2 Å². The number of nitrogens with one attached hydrogen (secondary N) is 1. The molecule has 0 aromatic heterocycles. The smallest absolute Gasteiger partial charge is 0.270 e. The molecule has 0 fully saturated rings. The highest BCUT2D eigenvalue weighted by Crippen LogP contribution is 2.29. The summed E-state index contributed by atoms with van der Waals surface area (Å²) in [4.78, 5) is 22.6. The van der Waals surface area contributed by atoms with E-state index in [0.29, 0.717) is 17.0 Å². The van der Waals surface area contributed by atoms with E-state index in [1.807, 2.05) is 0 Å². The van der Waals surface area contributed by atoms with E-state index in [9.17, 15) is 23.3 Å². The summed E-state index contributed by atoms with van der Waals surface area (Å²) in [6.45, 7) is 1.04. The number of para-hydroxylation sites is 2. The van der Waals surface area contributed by atoms with Crippen LogP contribution in [-0.4, -0.2) is 44.9 Å². The van der Waals surface area contributed by atoms with Gasteiger partial charge in [-0.1, -0.05) is 24.3 Å². The van der Waals surface area contributed by atoms with Crippen molar-refractivity contribution >= 4 is 33.0 Å². The molecular formula is C18H20N4O6S. The highest BCUT2D eigenvalue weighted by molar-refractivity contribution is 7.92. The molecule has 10 nitrogen and oxygen atoms in total. The lowest BCUT2D eigenvalue weighted by Crippen LogP contribution is -2.39. The Morgan fingerprint density at radius 1 is 1.24 bits per heavy atom. The van der Waals surface area contributed by atoms with Gasteiger partial charge in [0.25, 0.3) is 11.6 Å². The van der Waals surface area contributed by atoms with Gasteiger partial charge in [0, 0.05) is 17.7 Å². The van der Waals surface area contributed by atoms with Crippen LogP contribution in [0.4, 0.5) is 11.4 Å². The number of rotatable bonds is 8. The van der Waals surface area contributed by atoms with Crippen molar-refractivity contribution in [2.75, 3.05) is 24.2 Å². The van der Waals surface area contributed by atoms with Crippen molar-refractivity contribution in [3.63, 3.8) is 0 Å². The first-order valence-electron chi connectivity index (χ1n) is 8.32. The number of nitro benzene ring substituents is 1. The maximum Gasteiger partial charge on any atom is 0.270 e. The van der Waals surface area contributed by atoms with E-state index in [2.05, 4.69) is 10.5 Å². The molecule has 0 aliphatic rings. The van der Waals surface area contributed by atoms with Gasteiger partial charge in [0.05, 0.1) is 29.7 Å². The lowest BCUT2D eigenvalue weighted by Gasteiger charge is -2.23. The predicted octanol–water partition coefficient (Wildman–Crippen LogP) is 1.91. The minimum atomic E-state index is -3.78. The minimum absolute atomic E-state index is 0.109. The van der Waals surface area contributed by atoms with Crippen LogP contribution in [0.15, 0.2) is 53.6 Å². The highest BCUT2D eigenvalue weighted by Gasteiger charge is 2.23. The first kappa shape index (κ1) is 21.8. The first-order valence-corrected chi connectivity index (χ1v) is 10.2. The van der Waals surface area contributed by atoms with Gasteiger partial charge in [0.2, 0.25) is 10.0 Å². The monoisotopic (exact) mass is 420 g/mol. The third-order valence-corrected chi connectivity index (χ3v) is 4.99. The molecule has 0 atom stereocenters. The van der Waals surface area contributed by atoms with Gasteiger partial charge in [0.1, 0.15) is 12.3 Å². The number of nitrogens with zero attached hydrogens (tertiary/aromatic N) is 3. The van der Waals surface area contributed by atoms with Crippen LogP contribution < -0.4 is 14.5 Å². The van der Waals surface area contributed by atoms with Crippen molar-refractivity contribution in [2.24, 2.45) is 5.10 Å². The average Bonchev–Trinajstić information content (AvgIpc) is 2.69. The van der Waals surface area contributed by atoms with E-state index in [4.69, 9.17) is 4.74 Å². The third kappa shape index (κ3) is 5.75. The number of benzene rings is 2. The van der Waals surface area contributed by atoms with Gasteiger partial charge >= 0.3 is 0 Å². The molecule has 0 aliphatic carbocycles. The van der Waals surface area contributed by atoms with Crippen LogP contribution in [0, 0.1) is 10.1 Å². The number of hydrogen-bond donors (Lipinski definition) is 1. The zero-order valence-corrected chi connectivity index (χ0v) is 16.8. The van der Waals surface area contributed by atoms with Gasteiger partial charge in [-0.25, -0.2) is 13.8 Å².